The number of carbonyl (C=O) groups excluding carboxylic acids is 1. The van der Waals surface area contributed by atoms with E-state index in [1.54, 1.807) is 19.3 Å². The molecule has 1 atom stereocenters. The number of nitrogens with one attached hydrogen (secondary N) is 2. The Hall–Kier alpha value is -3.46. The number of nitrogens with zero attached hydrogens (tertiary/aromatic N) is 4. The van der Waals surface area contributed by atoms with Gasteiger partial charge >= 0.3 is 0 Å². The van der Waals surface area contributed by atoms with Crippen LogP contribution < -0.4 is 16.0 Å². The van der Waals surface area contributed by atoms with Gasteiger partial charge in [-0.3, -0.25) is 9.89 Å². The van der Waals surface area contributed by atoms with E-state index in [0.717, 1.165) is 25.3 Å². The summed E-state index contributed by atoms with van der Waals surface area (Å²) in [5, 5.41) is 11.1. The molecular weight excluding hydrogens is 385 g/mol. The number of nitrogens with two attached hydrogens (primary N) is 1. The Morgan fingerprint density at radius 1 is 1.30 bits per heavy atom. The summed E-state index contributed by atoms with van der Waals surface area (Å²) < 4.78 is 16.0. The number of ketones is 1. The zero-order valence-electron chi connectivity index (χ0n) is 16.7. The SMILES string of the molecule is Cc1cn2cc(C(=O)c3n[nH]c4cc(N5CCNC(C)C5)cc(N)c34)cc(F)c2n1. The van der Waals surface area contributed by atoms with Crippen molar-refractivity contribution >= 4 is 33.7 Å². The number of aryl methyl sites for hydroxylation is 1. The molecule has 0 amide bonds. The predicted molar refractivity (Wildman–Crippen MR) is 114 cm³/mol. The highest BCUT2D eigenvalue weighted by Crippen LogP contribution is 2.31. The first-order valence-electron chi connectivity index (χ1n) is 9.86. The number of nitrogen functional groups attached to an aromatic ring is 1. The molecule has 4 N–H and O–H groups in total. The molecule has 30 heavy (non-hydrogen) atoms. The van der Waals surface area contributed by atoms with E-state index in [1.807, 2.05) is 12.1 Å². The average Bonchev–Trinajstić information content (AvgIpc) is 3.31. The van der Waals surface area contributed by atoms with E-state index in [-0.39, 0.29) is 16.9 Å². The number of benzene rings is 1. The number of rotatable bonds is 3. The molecule has 5 rings (SSSR count). The minimum atomic E-state index is -0.558. The van der Waals surface area contributed by atoms with E-state index < -0.39 is 11.6 Å². The average molecular weight is 407 g/mol. The monoisotopic (exact) mass is 407 g/mol. The van der Waals surface area contributed by atoms with Crippen LogP contribution in [-0.4, -0.2) is 51.0 Å². The van der Waals surface area contributed by atoms with Gasteiger partial charge < -0.3 is 20.4 Å². The molecule has 9 heteroatoms. The number of hydrogen-bond acceptors (Lipinski definition) is 6. The number of carbonyl (C=O) groups is 1. The lowest BCUT2D eigenvalue weighted by atomic mass is 10.0. The van der Waals surface area contributed by atoms with Crippen LogP contribution in [0.3, 0.4) is 0 Å². The van der Waals surface area contributed by atoms with Crippen molar-refractivity contribution in [2.75, 3.05) is 30.3 Å². The molecule has 0 aliphatic carbocycles. The maximum atomic E-state index is 14.4. The van der Waals surface area contributed by atoms with Crippen LogP contribution in [0.5, 0.6) is 0 Å². The quantitative estimate of drug-likeness (QED) is 0.356. The third-order valence-corrected chi connectivity index (χ3v) is 5.52. The molecule has 4 aromatic rings. The molecule has 1 fully saturated rings. The Labute approximate surface area is 171 Å². The van der Waals surface area contributed by atoms with Crippen LogP contribution in [0.4, 0.5) is 15.8 Å². The van der Waals surface area contributed by atoms with Crippen molar-refractivity contribution in [1.29, 1.82) is 0 Å². The second-order valence-corrected chi connectivity index (χ2v) is 7.85. The van der Waals surface area contributed by atoms with Crippen LogP contribution in [0.15, 0.2) is 30.6 Å². The van der Waals surface area contributed by atoms with Gasteiger partial charge in [0.2, 0.25) is 5.78 Å². The molecule has 0 bridgehead atoms. The normalized spacial score (nSPS) is 17.2. The largest absolute Gasteiger partial charge is 0.398 e. The topological polar surface area (TPSA) is 104 Å². The minimum Gasteiger partial charge on any atom is -0.398 e. The number of pyridine rings is 1. The fourth-order valence-electron chi connectivity index (χ4n) is 4.13. The van der Waals surface area contributed by atoms with Crippen LogP contribution >= 0.6 is 0 Å². The van der Waals surface area contributed by atoms with Gasteiger partial charge in [-0.25, -0.2) is 9.37 Å². The van der Waals surface area contributed by atoms with Crippen molar-refractivity contribution < 1.29 is 9.18 Å². The predicted octanol–water partition coefficient (Wildman–Crippen LogP) is 2.27. The van der Waals surface area contributed by atoms with Crippen LogP contribution in [0.1, 0.15) is 28.7 Å². The number of halogens is 1. The zero-order chi connectivity index (χ0) is 21.0. The van der Waals surface area contributed by atoms with Gasteiger partial charge in [0.15, 0.2) is 11.5 Å². The van der Waals surface area contributed by atoms with E-state index in [9.17, 15) is 9.18 Å². The second kappa shape index (κ2) is 6.81. The number of hydrogen-bond donors (Lipinski definition) is 3. The molecule has 0 radical (unpaired) electrons. The van der Waals surface area contributed by atoms with Crippen LogP contribution in [0.2, 0.25) is 0 Å². The Kier molecular flexibility index (Phi) is 4.21. The first-order valence-corrected chi connectivity index (χ1v) is 9.86. The van der Waals surface area contributed by atoms with E-state index in [4.69, 9.17) is 5.73 Å². The molecular formula is C21H22FN7O. The van der Waals surface area contributed by atoms with Gasteiger partial charge in [0.05, 0.1) is 16.6 Å². The molecule has 3 aromatic heterocycles. The number of piperazine rings is 1. The zero-order valence-corrected chi connectivity index (χ0v) is 16.7. The highest BCUT2D eigenvalue weighted by molar-refractivity contribution is 6.17. The number of imidazole rings is 1. The minimum absolute atomic E-state index is 0.179. The van der Waals surface area contributed by atoms with Gasteiger partial charge in [-0.05, 0) is 32.0 Å². The summed E-state index contributed by atoms with van der Waals surface area (Å²) >= 11 is 0. The third kappa shape index (κ3) is 2.98. The lowest BCUT2D eigenvalue weighted by Crippen LogP contribution is -2.49. The van der Waals surface area contributed by atoms with E-state index in [1.165, 1.54) is 10.5 Å². The Balaban J connectivity index is 1.55. The summed E-state index contributed by atoms with van der Waals surface area (Å²) in [6, 6.07) is 5.40. The smallest absolute Gasteiger partial charge is 0.215 e. The summed E-state index contributed by atoms with van der Waals surface area (Å²) in [5.41, 5.74) is 9.69. The Morgan fingerprint density at radius 2 is 2.13 bits per heavy atom. The first kappa shape index (κ1) is 18.6. The number of fused-ring (bicyclic) bond motifs is 2. The standard InChI is InChI=1S/C21H22FN7O/c1-11-8-28(4-3-24-11)14-6-16(23)18-17(7-14)26-27-19(18)20(30)13-5-15(22)21-25-12(2)9-29(21)10-13/h5-7,9-11,24H,3-4,8,23H2,1-2H3,(H,26,27). The van der Waals surface area contributed by atoms with E-state index in [2.05, 4.69) is 32.3 Å². The van der Waals surface area contributed by atoms with Gasteiger partial charge in [-0.15, -0.1) is 0 Å². The van der Waals surface area contributed by atoms with Crippen molar-refractivity contribution in [3.8, 4) is 0 Å². The lowest BCUT2D eigenvalue weighted by Gasteiger charge is -2.33. The molecule has 1 aliphatic heterocycles. The fraction of sp³-hybridized carbons (Fsp3) is 0.286. The summed E-state index contributed by atoms with van der Waals surface area (Å²) in [7, 11) is 0. The molecule has 0 spiro atoms. The maximum Gasteiger partial charge on any atom is 0.215 e. The van der Waals surface area contributed by atoms with Gasteiger partial charge in [0.25, 0.3) is 0 Å². The molecule has 4 heterocycles. The van der Waals surface area contributed by atoms with Crippen LogP contribution in [0, 0.1) is 12.7 Å². The highest BCUT2D eigenvalue weighted by atomic mass is 19.1. The summed E-state index contributed by atoms with van der Waals surface area (Å²) in [4.78, 5) is 19.5. The van der Waals surface area contributed by atoms with Gasteiger partial charge in [-0.1, -0.05) is 0 Å². The van der Waals surface area contributed by atoms with Gasteiger partial charge in [0.1, 0.15) is 5.69 Å². The molecule has 1 unspecified atom stereocenters. The molecule has 1 saturated heterocycles. The molecule has 1 aliphatic rings. The van der Waals surface area contributed by atoms with Gasteiger partial charge in [-0.2, -0.15) is 5.10 Å². The number of anilines is 2. The fourth-order valence-corrected chi connectivity index (χ4v) is 4.13. The van der Waals surface area contributed by atoms with Gasteiger partial charge in [0, 0.05) is 55.0 Å². The molecule has 1 aromatic carbocycles. The van der Waals surface area contributed by atoms with Crippen molar-refractivity contribution in [3.05, 3.63) is 53.4 Å². The van der Waals surface area contributed by atoms with Crippen molar-refractivity contribution in [2.24, 2.45) is 0 Å². The van der Waals surface area contributed by atoms with Crippen LogP contribution in [-0.2, 0) is 0 Å². The van der Waals surface area contributed by atoms with Crippen molar-refractivity contribution in [1.82, 2.24) is 24.9 Å². The Morgan fingerprint density at radius 3 is 2.93 bits per heavy atom. The highest BCUT2D eigenvalue weighted by Gasteiger charge is 2.23. The maximum absolute atomic E-state index is 14.4. The number of aromatic nitrogens is 4. The molecule has 8 nitrogen and oxygen atoms in total. The third-order valence-electron chi connectivity index (χ3n) is 5.52. The number of H-pyrrole nitrogens is 1. The summed E-state index contributed by atoms with van der Waals surface area (Å²) in [6.07, 6.45) is 3.24. The Bertz CT molecular complexity index is 1290. The van der Waals surface area contributed by atoms with Crippen molar-refractivity contribution in [2.45, 2.75) is 19.9 Å². The molecule has 154 valence electrons. The van der Waals surface area contributed by atoms with E-state index >= 15 is 0 Å². The van der Waals surface area contributed by atoms with E-state index in [0.29, 0.717) is 28.3 Å². The lowest BCUT2D eigenvalue weighted by molar-refractivity contribution is 0.103. The molecule has 0 saturated carbocycles. The summed E-state index contributed by atoms with van der Waals surface area (Å²) in [6.45, 7) is 6.55. The van der Waals surface area contributed by atoms with Crippen LogP contribution in [0.25, 0.3) is 16.6 Å². The number of aromatic amines is 1. The second-order valence-electron chi connectivity index (χ2n) is 7.85. The van der Waals surface area contributed by atoms with Crippen molar-refractivity contribution in [3.63, 3.8) is 0 Å². The first-order chi connectivity index (χ1) is 14.4. The summed E-state index contributed by atoms with van der Waals surface area (Å²) in [5.74, 6) is -0.958.